The van der Waals surface area contributed by atoms with E-state index in [1.54, 1.807) is 17.8 Å². The molecule has 2 N–H and O–H groups in total. The molecule has 1 heterocycles. The van der Waals surface area contributed by atoms with Crippen LogP contribution < -0.4 is 5.32 Å². The molecule has 0 bridgehead atoms. The van der Waals surface area contributed by atoms with E-state index in [2.05, 4.69) is 5.32 Å². The maximum absolute atomic E-state index is 10.4. The minimum Gasteiger partial charge on any atom is -0.478 e. The summed E-state index contributed by atoms with van der Waals surface area (Å²) in [6.45, 7) is 0. The van der Waals surface area contributed by atoms with Gasteiger partial charge in [-0.1, -0.05) is 0 Å². The number of carbonyl (C=O) groups is 1. The predicted octanol–water partition coefficient (Wildman–Crippen LogP) is 1.49. The number of rotatable bonds is 2. The van der Waals surface area contributed by atoms with Gasteiger partial charge < -0.3 is 10.4 Å². The minimum atomic E-state index is -0.884. The highest BCUT2D eigenvalue weighted by Gasteiger charge is 2.08. The van der Waals surface area contributed by atoms with Crippen molar-refractivity contribution in [2.45, 2.75) is 0 Å². The molecule has 4 heteroatoms. The molecule has 0 spiro atoms. The Morgan fingerprint density at radius 1 is 1.70 bits per heavy atom. The number of carboxylic acid groups (broad SMARTS) is 1. The third kappa shape index (κ3) is 1.11. The van der Waals surface area contributed by atoms with Crippen molar-refractivity contribution < 1.29 is 9.90 Å². The van der Waals surface area contributed by atoms with E-state index in [1.807, 2.05) is 0 Å². The van der Waals surface area contributed by atoms with Crippen LogP contribution in [0.2, 0.25) is 0 Å². The molecule has 10 heavy (non-hydrogen) atoms. The zero-order valence-corrected chi connectivity index (χ0v) is 6.23. The first-order valence-electron chi connectivity index (χ1n) is 2.73. The average Bonchev–Trinajstić information content (AvgIpc) is 2.33. The normalized spacial score (nSPS) is 9.30. The molecular weight excluding hydrogens is 150 g/mol. The van der Waals surface area contributed by atoms with E-state index < -0.39 is 5.97 Å². The van der Waals surface area contributed by atoms with Crippen LogP contribution >= 0.6 is 11.3 Å². The fourth-order valence-corrected chi connectivity index (χ4v) is 1.47. The topological polar surface area (TPSA) is 49.3 Å². The third-order valence-corrected chi connectivity index (χ3v) is 1.91. The lowest BCUT2D eigenvalue weighted by atomic mass is 10.3. The molecule has 0 aliphatic heterocycles. The van der Waals surface area contributed by atoms with Gasteiger partial charge in [-0.05, 0) is 0 Å². The summed E-state index contributed by atoms with van der Waals surface area (Å²) in [7, 11) is 1.70. The highest BCUT2D eigenvalue weighted by Crippen LogP contribution is 2.19. The van der Waals surface area contributed by atoms with Crippen molar-refractivity contribution in [3.63, 3.8) is 0 Å². The minimum absolute atomic E-state index is 0.340. The molecule has 0 saturated carbocycles. The molecule has 0 aliphatic carbocycles. The Bertz CT molecular complexity index is 244. The van der Waals surface area contributed by atoms with Crippen LogP contribution in [0.3, 0.4) is 0 Å². The first kappa shape index (κ1) is 7.08. The van der Waals surface area contributed by atoms with Gasteiger partial charge in [0, 0.05) is 17.8 Å². The Labute approximate surface area is 62.3 Å². The van der Waals surface area contributed by atoms with E-state index in [-0.39, 0.29) is 0 Å². The van der Waals surface area contributed by atoms with E-state index >= 15 is 0 Å². The van der Waals surface area contributed by atoms with Crippen LogP contribution in [0.25, 0.3) is 0 Å². The standard InChI is InChI=1S/C6H7NO2S/c1-7-5-3-10-2-4(5)6(8)9/h2-3,7H,1H3,(H,8,9). The van der Waals surface area contributed by atoms with E-state index in [9.17, 15) is 4.79 Å². The smallest absolute Gasteiger partial charge is 0.338 e. The number of hydrogen-bond donors (Lipinski definition) is 2. The maximum Gasteiger partial charge on any atom is 0.338 e. The molecule has 1 aromatic heterocycles. The van der Waals surface area contributed by atoms with Gasteiger partial charge in [0.15, 0.2) is 0 Å². The molecule has 0 radical (unpaired) electrons. The number of aromatic carboxylic acids is 1. The largest absolute Gasteiger partial charge is 0.478 e. The van der Waals surface area contributed by atoms with Crippen molar-refractivity contribution in [1.82, 2.24) is 0 Å². The maximum atomic E-state index is 10.4. The lowest BCUT2D eigenvalue weighted by Gasteiger charge is -1.95. The highest BCUT2D eigenvalue weighted by molar-refractivity contribution is 7.08. The van der Waals surface area contributed by atoms with Gasteiger partial charge in [0.1, 0.15) is 0 Å². The monoisotopic (exact) mass is 157 g/mol. The van der Waals surface area contributed by atoms with Crippen molar-refractivity contribution in [2.24, 2.45) is 0 Å². The summed E-state index contributed by atoms with van der Waals surface area (Å²) in [5, 5.41) is 14.7. The number of thiophene rings is 1. The molecule has 0 unspecified atom stereocenters. The molecule has 0 aromatic carbocycles. The Morgan fingerprint density at radius 2 is 2.40 bits per heavy atom. The zero-order valence-electron chi connectivity index (χ0n) is 5.42. The van der Waals surface area contributed by atoms with Crippen molar-refractivity contribution >= 4 is 23.0 Å². The lowest BCUT2D eigenvalue weighted by molar-refractivity contribution is 0.0698. The fraction of sp³-hybridized carbons (Fsp3) is 0.167. The molecular formula is C6H7NO2S. The Kier molecular flexibility index (Phi) is 1.91. The first-order valence-corrected chi connectivity index (χ1v) is 3.67. The summed E-state index contributed by atoms with van der Waals surface area (Å²) >= 11 is 1.38. The van der Waals surface area contributed by atoms with Crippen LogP contribution in [0.4, 0.5) is 5.69 Å². The van der Waals surface area contributed by atoms with Crippen molar-refractivity contribution in [3.05, 3.63) is 16.3 Å². The van der Waals surface area contributed by atoms with E-state index in [0.717, 1.165) is 0 Å². The number of carboxylic acids is 1. The van der Waals surface area contributed by atoms with Gasteiger partial charge in [-0.15, -0.1) is 11.3 Å². The summed E-state index contributed by atoms with van der Waals surface area (Å²) < 4.78 is 0. The molecule has 0 fully saturated rings. The zero-order chi connectivity index (χ0) is 7.56. The van der Waals surface area contributed by atoms with Crippen LogP contribution in [0.1, 0.15) is 10.4 Å². The van der Waals surface area contributed by atoms with E-state index in [0.29, 0.717) is 11.3 Å². The van der Waals surface area contributed by atoms with Crippen LogP contribution in [-0.2, 0) is 0 Å². The second kappa shape index (κ2) is 2.70. The summed E-state index contributed by atoms with van der Waals surface area (Å²) in [5.41, 5.74) is 1.02. The highest BCUT2D eigenvalue weighted by atomic mass is 32.1. The summed E-state index contributed by atoms with van der Waals surface area (Å²) in [5.74, 6) is -0.884. The predicted molar refractivity (Wildman–Crippen MR) is 40.8 cm³/mol. The van der Waals surface area contributed by atoms with Gasteiger partial charge in [-0.2, -0.15) is 0 Å². The summed E-state index contributed by atoms with van der Waals surface area (Å²) in [6.07, 6.45) is 0. The van der Waals surface area contributed by atoms with E-state index in [1.165, 1.54) is 11.3 Å². The van der Waals surface area contributed by atoms with Gasteiger partial charge in [-0.3, -0.25) is 0 Å². The summed E-state index contributed by atoms with van der Waals surface area (Å²) in [4.78, 5) is 10.4. The first-order chi connectivity index (χ1) is 4.75. The van der Waals surface area contributed by atoms with Crippen LogP contribution in [-0.4, -0.2) is 18.1 Å². The summed E-state index contributed by atoms with van der Waals surface area (Å²) in [6, 6.07) is 0. The average molecular weight is 157 g/mol. The van der Waals surface area contributed by atoms with Gasteiger partial charge in [0.25, 0.3) is 0 Å². The number of anilines is 1. The van der Waals surface area contributed by atoms with Crippen LogP contribution in [0, 0.1) is 0 Å². The van der Waals surface area contributed by atoms with Gasteiger partial charge in [0.2, 0.25) is 0 Å². The van der Waals surface area contributed by atoms with Crippen molar-refractivity contribution in [3.8, 4) is 0 Å². The van der Waals surface area contributed by atoms with Crippen molar-refractivity contribution in [1.29, 1.82) is 0 Å². The molecule has 1 aromatic rings. The van der Waals surface area contributed by atoms with Gasteiger partial charge in [0.05, 0.1) is 11.3 Å². The van der Waals surface area contributed by atoms with Crippen LogP contribution in [0.15, 0.2) is 10.8 Å². The number of nitrogens with one attached hydrogen (secondary N) is 1. The molecule has 1 rings (SSSR count). The quantitative estimate of drug-likeness (QED) is 0.683. The van der Waals surface area contributed by atoms with Gasteiger partial charge in [-0.25, -0.2) is 4.79 Å². The van der Waals surface area contributed by atoms with Crippen LogP contribution in [0.5, 0.6) is 0 Å². The van der Waals surface area contributed by atoms with Gasteiger partial charge >= 0.3 is 5.97 Å². The van der Waals surface area contributed by atoms with E-state index in [4.69, 9.17) is 5.11 Å². The number of hydrogen-bond acceptors (Lipinski definition) is 3. The second-order valence-electron chi connectivity index (χ2n) is 1.75. The Morgan fingerprint density at radius 3 is 2.80 bits per heavy atom. The molecule has 54 valence electrons. The Balaban J connectivity index is 3.01. The molecule has 0 aliphatic rings. The Hall–Kier alpha value is -1.03. The molecule has 0 atom stereocenters. The second-order valence-corrected chi connectivity index (χ2v) is 2.50. The molecule has 0 saturated heterocycles. The van der Waals surface area contributed by atoms with Crippen molar-refractivity contribution in [2.75, 3.05) is 12.4 Å². The third-order valence-electron chi connectivity index (χ3n) is 1.16. The lowest BCUT2D eigenvalue weighted by Crippen LogP contribution is -1.98. The molecule has 0 amide bonds. The molecule has 3 nitrogen and oxygen atoms in total. The fourth-order valence-electron chi connectivity index (χ4n) is 0.656. The SMILES string of the molecule is CNc1cscc1C(=O)O.